The van der Waals surface area contributed by atoms with Crippen LogP contribution in [0.25, 0.3) is 0 Å². The molecule has 1 atom stereocenters. The number of carbonyl (C=O) groups is 1. The minimum atomic E-state index is -0.196. The van der Waals surface area contributed by atoms with Crippen LogP contribution in [-0.4, -0.2) is 23.4 Å². The SMILES string of the molecule is COc1ccccc1NC(=O)C(C)SCc1c(C)noc1C. The fourth-order valence-corrected chi connectivity index (χ4v) is 3.01. The first-order chi connectivity index (χ1) is 10.5. The largest absolute Gasteiger partial charge is 0.495 e. The van der Waals surface area contributed by atoms with Crippen molar-refractivity contribution < 1.29 is 14.1 Å². The first-order valence-electron chi connectivity index (χ1n) is 7.00. The molecule has 0 aliphatic carbocycles. The lowest BCUT2D eigenvalue weighted by Gasteiger charge is -2.14. The molecule has 1 aromatic carbocycles. The highest BCUT2D eigenvalue weighted by Crippen LogP contribution is 2.26. The molecule has 1 N–H and O–H groups in total. The average molecular weight is 320 g/mol. The summed E-state index contributed by atoms with van der Waals surface area (Å²) in [6.07, 6.45) is 0. The third kappa shape index (κ3) is 3.82. The molecule has 1 amide bonds. The molecule has 0 fully saturated rings. The van der Waals surface area contributed by atoms with Crippen molar-refractivity contribution in [2.45, 2.75) is 31.8 Å². The van der Waals surface area contributed by atoms with E-state index in [1.54, 1.807) is 18.9 Å². The highest BCUT2D eigenvalue weighted by Gasteiger charge is 2.17. The predicted molar refractivity (Wildman–Crippen MR) is 88.4 cm³/mol. The number of amides is 1. The Bertz CT molecular complexity index is 635. The van der Waals surface area contributed by atoms with Gasteiger partial charge in [-0.1, -0.05) is 17.3 Å². The number of nitrogens with zero attached hydrogens (tertiary/aromatic N) is 1. The Labute approximate surface area is 134 Å². The van der Waals surface area contributed by atoms with E-state index < -0.39 is 0 Å². The van der Waals surface area contributed by atoms with Gasteiger partial charge in [0.15, 0.2) is 0 Å². The molecule has 2 rings (SSSR count). The fraction of sp³-hybridized carbons (Fsp3) is 0.375. The minimum Gasteiger partial charge on any atom is -0.495 e. The van der Waals surface area contributed by atoms with Gasteiger partial charge in [0.2, 0.25) is 5.91 Å². The molecule has 0 radical (unpaired) electrons. The van der Waals surface area contributed by atoms with Crippen LogP contribution in [0.3, 0.4) is 0 Å². The Morgan fingerprint density at radius 2 is 2.14 bits per heavy atom. The van der Waals surface area contributed by atoms with E-state index in [2.05, 4.69) is 10.5 Å². The number of ether oxygens (including phenoxy) is 1. The number of hydrogen-bond donors (Lipinski definition) is 1. The van der Waals surface area contributed by atoms with Crippen molar-refractivity contribution in [3.8, 4) is 5.75 Å². The molecule has 1 unspecified atom stereocenters. The highest BCUT2D eigenvalue weighted by atomic mass is 32.2. The molecule has 118 valence electrons. The number of aromatic nitrogens is 1. The Morgan fingerprint density at radius 3 is 2.77 bits per heavy atom. The molecular formula is C16H20N2O3S. The van der Waals surface area contributed by atoms with E-state index in [0.717, 1.165) is 17.0 Å². The van der Waals surface area contributed by atoms with Gasteiger partial charge >= 0.3 is 0 Å². The lowest BCUT2D eigenvalue weighted by atomic mass is 10.2. The fourth-order valence-electron chi connectivity index (χ4n) is 1.97. The molecule has 1 heterocycles. The van der Waals surface area contributed by atoms with Gasteiger partial charge < -0.3 is 14.6 Å². The monoisotopic (exact) mass is 320 g/mol. The summed E-state index contributed by atoms with van der Waals surface area (Å²) in [5.74, 6) is 2.10. The van der Waals surface area contributed by atoms with Crippen LogP contribution in [-0.2, 0) is 10.5 Å². The van der Waals surface area contributed by atoms with E-state index in [1.807, 2.05) is 45.0 Å². The summed E-state index contributed by atoms with van der Waals surface area (Å²) in [4.78, 5) is 12.3. The molecule has 0 saturated carbocycles. The van der Waals surface area contributed by atoms with E-state index in [4.69, 9.17) is 9.26 Å². The topological polar surface area (TPSA) is 64.4 Å². The van der Waals surface area contributed by atoms with Crippen LogP contribution < -0.4 is 10.1 Å². The molecule has 2 aromatic rings. The summed E-state index contributed by atoms with van der Waals surface area (Å²) in [7, 11) is 1.58. The van der Waals surface area contributed by atoms with Gasteiger partial charge in [-0.3, -0.25) is 4.79 Å². The normalized spacial score (nSPS) is 12.0. The molecule has 0 aliphatic heterocycles. The van der Waals surface area contributed by atoms with E-state index in [-0.39, 0.29) is 11.2 Å². The maximum atomic E-state index is 12.3. The summed E-state index contributed by atoms with van der Waals surface area (Å²) in [6.45, 7) is 5.68. The van der Waals surface area contributed by atoms with E-state index in [0.29, 0.717) is 17.2 Å². The zero-order valence-electron chi connectivity index (χ0n) is 13.2. The number of benzene rings is 1. The van der Waals surface area contributed by atoms with Gasteiger partial charge in [0.05, 0.1) is 23.7 Å². The van der Waals surface area contributed by atoms with Crippen LogP contribution in [0.2, 0.25) is 0 Å². The summed E-state index contributed by atoms with van der Waals surface area (Å²) in [6, 6.07) is 7.36. The zero-order chi connectivity index (χ0) is 16.1. The molecule has 1 aromatic heterocycles. The molecule has 0 spiro atoms. The van der Waals surface area contributed by atoms with Gasteiger partial charge in [0.1, 0.15) is 11.5 Å². The molecule has 6 heteroatoms. The number of rotatable bonds is 6. The molecule has 5 nitrogen and oxygen atoms in total. The van der Waals surface area contributed by atoms with Gasteiger partial charge in [0.25, 0.3) is 0 Å². The van der Waals surface area contributed by atoms with Crippen LogP contribution in [0.1, 0.15) is 23.9 Å². The zero-order valence-corrected chi connectivity index (χ0v) is 14.0. The second-order valence-electron chi connectivity index (χ2n) is 4.95. The maximum Gasteiger partial charge on any atom is 0.237 e. The van der Waals surface area contributed by atoms with Crippen molar-refractivity contribution in [1.82, 2.24) is 5.16 Å². The summed E-state index contributed by atoms with van der Waals surface area (Å²) >= 11 is 1.55. The summed E-state index contributed by atoms with van der Waals surface area (Å²) in [5.41, 5.74) is 2.61. The Hall–Kier alpha value is -1.95. The van der Waals surface area contributed by atoms with Gasteiger partial charge in [-0.2, -0.15) is 0 Å². The maximum absolute atomic E-state index is 12.3. The van der Waals surface area contributed by atoms with Gasteiger partial charge in [0, 0.05) is 11.3 Å². The third-order valence-corrected chi connectivity index (χ3v) is 4.56. The van der Waals surface area contributed by atoms with E-state index in [9.17, 15) is 4.79 Å². The second-order valence-corrected chi connectivity index (χ2v) is 6.27. The second kappa shape index (κ2) is 7.35. The Kier molecular flexibility index (Phi) is 5.49. The summed E-state index contributed by atoms with van der Waals surface area (Å²) < 4.78 is 10.4. The van der Waals surface area contributed by atoms with Crippen LogP contribution >= 0.6 is 11.8 Å². The number of aryl methyl sites for hydroxylation is 2. The van der Waals surface area contributed by atoms with Crippen LogP contribution in [0.15, 0.2) is 28.8 Å². The van der Waals surface area contributed by atoms with Crippen molar-refractivity contribution in [2.24, 2.45) is 0 Å². The molecule has 22 heavy (non-hydrogen) atoms. The minimum absolute atomic E-state index is 0.0544. The molecular weight excluding hydrogens is 300 g/mol. The van der Waals surface area contributed by atoms with Crippen molar-refractivity contribution in [3.05, 3.63) is 41.3 Å². The van der Waals surface area contributed by atoms with E-state index in [1.165, 1.54) is 0 Å². The van der Waals surface area contributed by atoms with Crippen LogP contribution in [0, 0.1) is 13.8 Å². The van der Waals surface area contributed by atoms with Crippen molar-refractivity contribution in [3.63, 3.8) is 0 Å². The quantitative estimate of drug-likeness (QED) is 0.881. The van der Waals surface area contributed by atoms with Crippen LogP contribution in [0.4, 0.5) is 5.69 Å². The standard InChI is InChI=1S/C16H20N2O3S/c1-10-13(11(2)21-18-10)9-22-12(3)16(19)17-14-7-5-6-8-15(14)20-4/h5-8,12H,9H2,1-4H3,(H,17,19). The number of thioether (sulfide) groups is 1. The number of hydrogen-bond acceptors (Lipinski definition) is 5. The van der Waals surface area contributed by atoms with Crippen molar-refractivity contribution in [2.75, 3.05) is 12.4 Å². The van der Waals surface area contributed by atoms with Gasteiger partial charge in [-0.05, 0) is 32.9 Å². The number of nitrogens with one attached hydrogen (secondary N) is 1. The first-order valence-corrected chi connectivity index (χ1v) is 8.05. The number of carbonyl (C=O) groups excluding carboxylic acids is 1. The molecule has 0 bridgehead atoms. The van der Waals surface area contributed by atoms with Crippen molar-refractivity contribution in [1.29, 1.82) is 0 Å². The highest BCUT2D eigenvalue weighted by molar-refractivity contribution is 7.99. The average Bonchev–Trinajstić information content (AvgIpc) is 2.84. The lowest BCUT2D eigenvalue weighted by Crippen LogP contribution is -2.22. The summed E-state index contributed by atoms with van der Waals surface area (Å²) in [5, 5.41) is 6.62. The number of anilines is 1. The smallest absolute Gasteiger partial charge is 0.237 e. The Balaban J connectivity index is 1.95. The van der Waals surface area contributed by atoms with E-state index >= 15 is 0 Å². The third-order valence-electron chi connectivity index (χ3n) is 3.39. The Morgan fingerprint density at radius 1 is 1.41 bits per heavy atom. The number of methoxy groups -OCH3 is 1. The molecule has 0 saturated heterocycles. The van der Waals surface area contributed by atoms with Crippen LogP contribution in [0.5, 0.6) is 5.75 Å². The van der Waals surface area contributed by atoms with Gasteiger partial charge in [-0.15, -0.1) is 11.8 Å². The number of para-hydroxylation sites is 2. The molecule has 0 aliphatic rings. The lowest BCUT2D eigenvalue weighted by molar-refractivity contribution is -0.115. The van der Waals surface area contributed by atoms with Crippen molar-refractivity contribution >= 4 is 23.4 Å². The predicted octanol–water partition coefficient (Wildman–Crippen LogP) is 3.56. The first kappa shape index (κ1) is 16.4. The van der Waals surface area contributed by atoms with Gasteiger partial charge in [-0.25, -0.2) is 0 Å².